The molecule has 0 spiro atoms. The molecule has 0 saturated heterocycles. The third-order valence-electron chi connectivity index (χ3n) is 10.2. The highest BCUT2D eigenvalue weighted by Crippen LogP contribution is 2.65. The molecule has 4 heteroatoms. The number of benzene rings is 1. The van der Waals surface area contributed by atoms with Crippen molar-refractivity contribution >= 4 is 11.5 Å². The predicted octanol–water partition coefficient (Wildman–Crippen LogP) is 7.53. The van der Waals surface area contributed by atoms with Gasteiger partial charge in [0.1, 0.15) is 5.82 Å². The third-order valence-corrected chi connectivity index (χ3v) is 10.2. The summed E-state index contributed by atoms with van der Waals surface area (Å²) >= 11 is 0. The molecule has 0 aromatic heterocycles. The summed E-state index contributed by atoms with van der Waals surface area (Å²) in [5.41, 5.74) is 3.04. The Balaban J connectivity index is 0.000000505. The number of nitrogens with zero attached hydrogens (tertiary/aromatic N) is 1. The molecule has 5 rings (SSSR count). The number of fused-ring (bicyclic) bond motifs is 5. The highest BCUT2D eigenvalue weighted by Gasteiger charge is 2.59. The number of anilines is 1. The van der Waals surface area contributed by atoms with Crippen molar-refractivity contribution in [3.05, 3.63) is 41.2 Å². The molecule has 0 aliphatic heterocycles. The molecule has 4 aliphatic carbocycles. The Morgan fingerprint density at radius 3 is 2.42 bits per heavy atom. The summed E-state index contributed by atoms with van der Waals surface area (Å²) in [6, 6.07) is 6.08. The zero-order chi connectivity index (χ0) is 28.0. The number of hydrogen-bond donors (Lipinski definition) is 1. The fourth-order valence-electron chi connectivity index (χ4n) is 7.94. The van der Waals surface area contributed by atoms with Crippen LogP contribution in [0.2, 0.25) is 0 Å². The van der Waals surface area contributed by atoms with Crippen molar-refractivity contribution < 1.29 is 14.3 Å². The minimum Gasteiger partial charge on any atom is -0.393 e. The first kappa shape index (κ1) is 28.9. The highest BCUT2D eigenvalue weighted by atomic mass is 19.1. The Labute approximate surface area is 230 Å². The number of allylic oxidation sites excluding steroid dienone is 1. The van der Waals surface area contributed by atoms with Crippen LogP contribution >= 0.6 is 0 Å². The quantitative estimate of drug-likeness (QED) is 0.418. The van der Waals surface area contributed by atoms with E-state index in [9.17, 15) is 9.90 Å². The Kier molecular flexibility index (Phi) is 8.21. The monoisotopic (exact) mass is 521 g/mol. The Bertz CT molecular complexity index is 1110. The summed E-state index contributed by atoms with van der Waals surface area (Å²) < 4.78 is 15.3. The summed E-state index contributed by atoms with van der Waals surface area (Å²) in [6.45, 7) is 12.4. The summed E-state index contributed by atoms with van der Waals surface area (Å²) in [5, 5.41) is 11.0. The number of rotatable bonds is 3. The molecule has 1 aromatic rings. The lowest BCUT2D eigenvalue weighted by atomic mass is 9.48. The SMILES string of the molecule is C#CC(C)(C)C.CC(C)N(C)c1ccc(C2CC3(C)C(O)CCC3C3CCC4=CC(=O)CCC4C23)cc1F. The van der Waals surface area contributed by atoms with Crippen LogP contribution in [0, 0.1) is 52.7 Å². The molecular formula is C34H48FNO2. The van der Waals surface area contributed by atoms with Crippen LogP contribution in [-0.2, 0) is 4.79 Å². The minimum atomic E-state index is -0.267. The van der Waals surface area contributed by atoms with Crippen molar-refractivity contribution in [2.45, 2.75) is 105 Å². The maximum atomic E-state index is 15.3. The number of ketones is 1. The standard InChI is InChI=1S/C28H38FNO2.C6H10/c1-16(2)30(4)25-11-6-18(14-24(25)29)22-15-28(3)23(10-12-26(28)32)21-8-5-17-13-19(31)7-9-20(17)27(21)22;1-5-6(2,3)4/h6,11,13-14,16,20-23,26-27,32H,5,7-10,12,15H2,1-4H3;1H,2-4H3. The summed E-state index contributed by atoms with van der Waals surface area (Å²) in [5.74, 6) is 4.91. The molecule has 0 amide bonds. The molecule has 7 atom stereocenters. The van der Waals surface area contributed by atoms with E-state index in [0.717, 1.165) is 44.1 Å². The van der Waals surface area contributed by atoms with Crippen LogP contribution in [0.1, 0.15) is 98.0 Å². The van der Waals surface area contributed by atoms with E-state index in [1.807, 2.05) is 44.9 Å². The zero-order valence-electron chi connectivity index (χ0n) is 24.6. The number of terminal acetylenes is 1. The van der Waals surface area contributed by atoms with Crippen molar-refractivity contribution in [3.8, 4) is 12.3 Å². The van der Waals surface area contributed by atoms with E-state index in [1.165, 1.54) is 5.57 Å². The molecule has 38 heavy (non-hydrogen) atoms. The molecule has 4 aliphatic rings. The number of halogens is 1. The van der Waals surface area contributed by atoms with Gasteiger partial charge in [0.25, 0.3) is 0 Å². The number of carbonyl (C=O) groups is 1. The van der Waals surface area contributed by atoms with Gasteiger partial charge in [-0.2, -0.15) is 0 Å². The van der Waals surface area contributed by atoms with Gasteiger partial charge in [0, 0.05) is 24.9 Å². The van der Waals surface area contributed by atoms with Crippen LogP contribution in [0.5, 0.6) is 0 Å². The van der Waals surface area contributed by atoms with Crippen LogP contribution < -0.4 is 4.90 Å². The highest BCUT2D eigenvalue weighted by molar-refractivity contribution is 5.91. The van der Waals surface area contributed by atoms with Crippen LogP contribution in [0.4, 0.5) is 10.1 Å². The van der Waals surface area contributed by atoms with E-state index < -0.39 is 0 Å². The lowest BCUT2D eigenvalue weighted by molar-refractivity contribution is -0.116. The normalized spacial score (nSPS) is 34.2. The van der Waals surface area contributed by atoms with E-state index >= 15 is 4.39 Å². The average Bonchev–Trinajstić information content (AvgIpc) is 3.16. The van der Waals surface area contributed by atoms with Crippen molar-refractivity contribution in [1.29, 1.82) is 0 Å². The molecule has 208 valence electrons. The molecule has 7 unspecified atom stereocenters. The molecule has 0 heterocycles. The molecule has 1 N–H and O–H groups in total. The first-order valence-corrected chi connectivity index (χ1v) is 14.7. The Morgan fingerprint density at radius 2 is 1.82 bits per heavy atom. The second kappa shape index (κ2) is 10.8. The smallest absolute Gasteiger partial charge is 0.155 e. The zero-order valence-corrected chi connectivity index (χ0v) is 24.6. The van der Waals surface area contributed by atoms with Gasteiger partial charge in [-0.05, 0) is 132 Å². The number of aliphatic hydroxyl groups excluding tert-OH is 1. The van der Waals surface area contributed by atoms with E-state index in [0.29, 0.717) is 35.8 Å². The molecule has 3 nitrogen and oxygen atoms in total. The van der Waals surface area contributed by atoms with Crippen molar-refractivity contribution in [3.63, 3.8) is 0 Å². The van der Waals surface area contributed by atoms with Gasteiger partial charge in [0.05, 0.1) is 11.8 Å². The minimum absolute atomic E-state index is 0.0694. The molecule has 0 radical (unpaired) electrons. The second-order valence-corrected chi connectivity index (χ2v) is 13.9. The van der Waals surface area contributed by atoms with Gasteiger partial charge in [0.2, 0.25) is 0 Å². The molecule has 0 bridgehead atoms. The first-order chi connectivity index (χ1) is 17.8. The maximum absolute atomic E-state index is 15.3. The van der Waals surface area contributed by atoms with Gasteiger partial charge in [-0.3, -0.25) is 4.79 Å². The van der Waals surface area contributed by atoms with E-state index in [4.69, 9.17) is 6.42 Å². The molecule has 1 aromatic carbocycles. The van der Waals surface area contributed by atoms with Crippen LogP contribution in [0.3, 0.4) is 0 Å². The van der Waals surface area contributed by atoms with Gasteiger partial charge in [-0.15, -0.1) is 12.3 Å². The average molecular weight is 522 g/mol. The number of carbonyl (C=O) groups excluding carboxylic acids is 1. The summed E-state index contributed by atoms with van der Waals surface area (Å²) in [6.07, 6.45) is 13.3. The van der Waals surface area contributed by atoms with E-state index in [2.05, 4.69) is 32.8 Å². The van der Waals surface area contributed by atoms with Gasteiger partial charge < -0.3 is 10.0 Å². The lowest BCUT2D eigenvalue weighted by Crippen LogP contribution is -2.51. The first-order valence-electron chi connectivity index (χ1n) is 14.7. The van der Waals surface area contributed by atoms with Crippen LogP contribution in [0.25, 0.3) is 0 Å². The van der Waals surface area contributed by atoms with Crippen LogP contribution in [-0.4, -0.2) is 30.1 Å². The summed E-state index contributed by atoms with van der Waals surface area (Å²) in [4.78, 5) is 14.1. The van der Waals surface area contributed by atoms with E-state index in [1.54, 1.807) is 6.07 Å². The number of aliphatic hydroxyl groups is 1. The molecule has 3 fully saturated rings. The van der Waals surface area contributed by atoms with Gasteiger partial charge in [-0.1, -0.05) is 18.6 Å². The number of hydrogen-bond acceptors (Lipinski definition) is 3. The van der Waals surface area contributed by atoms with Gasteiger partial charge in [-0.25, -0.2) is 4.39 Å². The predicted molar refractivity (Wildman–Crippen MR) is 154 cm³/mol. The lowest BCUT2D eigenvalue weighted by Gasteiger charge is -2.57. The third kappa shape index (κ3) is 5.46. The van der Waals surface area contributed by atoms with Crippen molar-refractivity contribution in [2.75, 3.05) is 11.9 Å². The molecule has 3 saturated carbocycles. The van der Waals surface area contributed by atoms with Gasteiger partial charge >= 0.3 is 0 Å². The largest absolute Gasteiger partial charge is 0.393 e. The topological polar surface area (TPSA) is 40.5 Å². The second-order valence-electron chi connectivity index (χ2n) is 13.9. The summed E-state index contributed by atoms with van der Waals surface area (Å²) in [7, 11) is 1.94. The van der Waals surface area contributed by atoms with Crippen LogP contribution in [0.15, 0.2) is 29.8 Å². The Morgan fingerprint density at radius 1 is 1.13 bits per heavy atom. The molecular weight excluding hydrogens is 473 g/mol. The fraction of sp³-hybridized carbons (Fsp3) is 0.676. The van der Waals surface area contributed by atoms with Crippen molar-refractivity contribution in [1.82, 2.24) is 0 Å². The van der Waals surface area contributed by atoms with Crippen molar-refractivity contribution in [2.24, 2.45) is 34.5 Å². The maximum Gasteiger partial charge on any atom is 0.155 e. The fourth-order valence-corrected chi connectivity index (χ4v) is 7.94. The Hall–Kier alpha value is -2.12. The van der Waals surface area contributed by atoms with Gasteiger partial charge in [0.15, 0.2) is 5.78 Å². The van der Waals surface area contributed by atoms with E-state index in [-0.39, 0.29) is 40.5 Å².